The van der Waals surface area contributed by atoms with Gasteiger partial charge in [0.05, 0.1) is 0 Å². The summed E-state index contributed by atoms with van der Waals surface area (Å²) >= 11 is 0. The number of H-pyrrole nitrogens is 1. The highest BCUT2D eigenvalue weighted by molar-refractivity contribution is 5.88. The van der Waals surface area contributed by atoms with E-state index in [2.05, 4.69) is 31.0 Å². The van der Waals surface area contributed by atoms with Gasteiger partial charge in [0.2, 0.25) is 0 Å². The fourth-order valence-electron chi connectivity index (χ4n) is 2.48. The molecular formula is C14H17NO2. The van der Waals surface area contributed by atoms with Gasteiger partial charge in [-0.3, -0.25) is 4.79 Å². The van der Waals surface area contributed by atoms with Gasteiger partial charge < -0.3 is 10.1 Å². The molecule has 1 aromatic heterocycles. The molecule has 0 aliphatic rings. The first-order chi connectivity index (χ1) is 7.99. The first kappa shape index (κ1) is 11.7. The maximum absolute atomic E-state index is 10.7. The van der Waals surface area contributed by atoms with Crippen molar-refractivity contribution < 1.29 is 9.90 Å². The number of aliphatic carboxylic acids is 1. The number of carboxylic acid groups (broad SMARTS) is 1. The van der Waals surface area contributed by atoms with Crippen LogP contribution in [-0.4, -0.2) is 16.1 Å². The van der Waals surface area contributed by atoms with Gasteiger partial charge in [-0.2, -0.15) is 0 Å². The molecule has 2 N–H and O–H groups in total. The smallest absolute Gasteiger partial charge is 0.303 e. The van der Waals surface area contributed by atoms with E-state index < -0.39 is 5.97 Å². The maximum Gasteiger partial charge on any atom is 0.303 e. The van der Waals surface area contributed by atoms with Gasteiger partial charge in [-0.05, 0) is 49.9 Å². The van der Waals surface area contributed by atoms with Crippen LogP contribution in [0.3, 0.4) is 0 Å². The third-order valence-electron chi connectivity index (χ3n) is 3.15. The average Bonchev–Trinajstić information content (AvgIpc) is 2.51. The highest BCUT2D eigenvalue weighted by Gasteiger charge is 2.12. The number of hydrogen-bond acceptors (Lipinski definition) is 1. The molecule has 2 aromatic rings. The normalized spacial score (nSPS) is 11.0. The standard InChI is InChI=1S/C14H17NO2/c1-8-6-9(2)14-11(4-5-13(16)17)10(3)15-12(14)7-8/h6-7,15H,4-5H2,1-3H3,(H,16,17). The lowest BCUT2D eigenvalue weighted by molar-refractivity contribution is -0.136. The van der Waals surface area contributed by atoms with Gasteiger partial charge in [-0.15, -0.1) is 0 Å². The van der Waals surface area contributed by atoms with Gasteiger partial charge >= 0.3 is 5.97 Å². The summed E-state index contributed by atoms with van der Waals surface area (Å²) < 4.78 is 0. The van der Waals surface area contributed by atoms with Crippen LogP contribution < -0.4 is 0 Å². The van der Waals surface area contributed by atoms with E-state index in [0.29, 0.717) is 6.42 Å². The van der Waals surface area contributed by atoms with Crippen LogP contribution in [-0.2, 0) is 11.2 Å². The number of aromatic amines is 1. The number of aryl methyl sites for hydroxylation is 4. The summed E-state index contributed by atoms with van der Waals surface area (Å²) in [6.45, 7) is 6.15. The fourth-order valence-corrected chi connectivity index (χ4v) is 2.48. The van der Waals surface area contributed by atoms with Crippen LogP contribution in [0.5, 0.6) is 0 Å². The fraction of sp³-hybridized carbons (Fsp3) is 0.357. The Bertz CT molecular complexity index is 581. The number of benzene rings is 1. The Labute approximate surface area is 100 Å². The molecule has 3 nitrogen and oxygen atoms in total. The number of nitrogens with one attached hydrogen (secondary N) is 1. The minimum atomic E-state index is -0.747. The van der Waals surface area contributed by atoms with E-state index in [1.165, 1.54) is 16.5 Å². The van der Waals surface area contributed by atoms with Crippen LogP contribution in [0.1, 0.15) is 28.8 Å². The molecule has 0 unspecified atom stereocenters. The van der Waals surface area contributed by atoms with Crippen molar-refractivity contribution in [2.75, 3.05) is 0 Å². The first-order valence-electron chi connectivity index (χ1n) is 5.79. The summed E-state index contributed by atoms with van der Waals surface area (Å²) in [4.78, 5) is 14.0. The van der Waals surface area contributed by atoms with Crippen molar-refractivity contribution in [2.24, 2.45) is 0 Å². The summed E-state index contributed by atoms with van der Waals surface area (Å²) in [7, 11) is 0. The summed E-state index contributed by atoms with van der Waals surface area (Å²) in [6.07, 6.45) is 0.770. The number of aromatic nitrogens is 1. The molecule has 0 aliphatic heterocycles. The number of rotatable bonds is 3. The van der Waals surface area contributed by atoms with Gasteiger partial charge in [-0.1, -0.05) is 6.07 Å². The molecule has 0 atom stereocenters. The minimum Gasteiger partial charge on any atom is -0.481 e. The molecule has 17 heavy (non-hydrogen) atoms. The van der Waals surface area contributed by atoms with E-state index in [1.54, 1.807) is 0 Å². The van der Waals surface area contributed by atoms with Crippen molar-refractivity contribution in [3.8, 4) is 0 Å². The molecule has 0 aliphatic carbocycles. The van der Waals surface area contributed by atoms with E-state index in [9.17, 15) is 4.79 Å². The maximum atomic E-state index is 10.7. The molecule has 0 saturated carbocycles. The summed E-state index contributed by atoms with van der Waals surface area (Å²) in [5.74, 6) is -0.747. The Hall–Kier alpha value is -1.77. The van der Waals surface area contributed by atoms with Crippen LogP contribution in [0.25, 0.3) is 10.9 Å². The monoisotopic (exact) mass is 231 g/mol. The lowest BCUT2D eigenvalue weighted by Gasteiger charge is -2.03. The summed E-state index contributed by atoms with van der Waals surface area (Å²) in [5.41, 5.74) is 5.76. The Morgan fingerprint density at radius 1 is 1.29 bits per heavy atom. The van der Waals surface area contributed by atoms with Gasteiger partial charge in [0.1, 0.15) is 0 Å². The average molecular weight is 231 g/mol. The molecular weight excluding hydrogens is 214 g/mol. The summed E-state index contributed by atoms with van der Waals surface area (Å²) in [5, 5.41) is 9.97. The molecule has 0 saturated heterocycles. The molecule has 0 amide bonds. The molecule has 3 heteroatoms. The minimum absolute atomic E-state index is 0.182. The molecule has 90 valence electrons. The third-order valence-corrected chi connectivity index (χ3v) is 3.15. The van der Waals surface area contributed by atoms with Gasteiger partial charge in [0, 0.05) is 23.0 Å². The second-order valence-electron chi connectivity index (χ2n) is 4.63. The van der Waals surface area contributed by atoms with Crippen LogP contribution in [0.2, 0.25) is 0 Å². The van der Waals surface area contributed by atoms with Crippen molar-refractivity contribution in [1.29, 1.82) is 0 Å². The van der Waals surface area contributed by atoms with Crippen molar-refractivity contribution in [1.82, 2.24) is 4.98 Å². The molecule has 1 aromatic carbocycles. The Balaban J connectivity index is 2.54. The number of fused-ring (bicyclic) bond motifs is 1. The number of carboxylic acids is 1. The molecule has 1 heterocycles. The zero-order valence-corrected chi connectivity index (χ0v) is 10.4. The Morgan fingerprint density at radius 3 is 2.65 bits per heavy atom. The number of hydrogen-bond donors (Lipinski definition) is 2. The lowest BCUT2D eigenvalue weighted by Crippen LogP contribution is -1.98. The SMILES string of the molecule is Cc1cc(C)c2c(CCC(=O)O)c(C)[nH]c2c1. The molecule has 2 rings (SSSR count). The topological polar surface area (TPSA) is 53.1 Å². The zero-order chi connectivity index (χ0) is 12.6. The van der Waals surface area contributed by atoms with Crippen molar-refractivity contribution in [3.05, 3.63) is 34.5 Å². The molecule has 0 bridgehead atoms. The molecule has 0 spiro atoms. The van der Waals surface area contributed by atoms with Gasteiger partial charge in [0.15, 0.2) is 0 Å². The molecule has 0 radical (unpaired) electrons. The quantitative estimate of drug-likeness (QED) is 0.852. The second-order valence-corrected chi connectivity index (χ2v) is 4.63. The lowest BCUT2D eigenvalue weighted by atomic mass is 10.0. The van der Waals surface area contributed by atoms with Crippen molar-refractivity contribution >= 4 is 16.9 Å². The third kappa shape index (κ3) is 2.18. The van der Waals surface area contributed by atoms with E-state index in [0.717, 1.165) is 16.8 Å². The van der Waals surface area contributed by atoms with E-state index in [1.807, 2.05) is 6.92 Å². The zero-order valence-electron chi connectivity index (χ0n) is 10.4. The Morgan fingerprint density at radius 2 is 2.00 bits per heavy atom. The predicted molar refractivity (Wildman–Crippen MR) is 68.5 cm³/mol. The van der Waals surface area contributed by atoms with Crippen molar-refractivity contribution in [3.63, 3.8) is 0 Å². The van der Waals surface area contributed by atoms with E-state index in [4.69, 9.17) is 5.11 Å². The largest absolute Gasteiger partial charge is 0.481 e. The van der Waals surface area contributed by atoms with Crippen LogP contribution in [0, 0.1) is 20.8 Å². The van der Waals surface area contributed by atoms with Crippen molar-refractivity contribution in [2.45, 2.75) is 33.6 Å². The predicted octanol–water partition coefficient (Wildman–Crippen LogP) is 3.11. The highest BCUT2D eigenvalue weighted by Crippen LogP contribution is 2.27. The van der Waals surface area contributed by atoms with Crippen LogP contribution >= 0.6 is 0 Å². The highest BCUT2D eigenvalue weighted by atomic mass is 16.4. The number of carbonyl (C=O) groups is 1. The molecule has 0 fully saturated rings. The van der Waals surface area contributed by atoms with E-state index >= 15 is 0 Å². The van der Waals surface area contributed by atoms with E-state index in [-0.39, 0.29) is 6.42 Å². The Kier molecular flexibility index (Phi) is 2.92. The summed E-state index contributed by atoms with van der Waals surface area (Å²) in [6, 6.07) is 4.25. The van der Waals surface area contributed by atoms with Gasteiger partial charge in [-0.25, -0.2) is 0 Å². The van der Waals surface area contributed by atoms with Gasteiger partial charge in [0.25, 0.3) is 0 Å². The van der Waals surface area contributed by atoms with Crippen LogP contribution in [0.15, 0.2) is 12.1 Å². The van der Waals surface area contributed by atoms with Crippen LogP contribution in [0.4, 0.5) is 0 Å². The first-order valence-corrected chi connectivity index (χ1v) is 5.79. The second kappa shape index (κ2) is 4.24.